The van der Waals surface area contributed by atoms with Crippen LogP contribution in [0.3, 0.4) is 0 Å². The topological polar surface area (TPSA) is 110 Å². The number of hydrogen-bond acceptors (Lipinski definition) is 6. The van der Waals surface area contributed by atoms with E-state index in [1.807, 2.05) is 11.1 Å². The molecule has 0 radical (unpaired) electrons. The third-order valence-corrected chi connectivity index (χ3v) is 5.57. The quantitative estimate of drug-likeness (QED) is 0.665. The Labute approximate surface area is 173 Å². The molecule has 4 rings (SSSR count). The molecule has 9 heteroatoms. The number of imidazole rings is 1. The molecular formula is C21H23FN6O2. The molecule has 3 heterocycles. The lowest BCUT2D eigenvalue weighted by Gasteiger charge is -2.35. The predicted octanol–water partition coefficient (Wildman–Crippen LogP) is 2.84. The second-order valence-corrected chi connectivity index (χ2v) is 7.45. The van der Waals surface area contributed by atoms with Crippen LogP contribution in [0.2, 0.25) is 0 Å². The van der Waals surface area contributed by atoms with E-state index >= 15 is 0 Å². The third-order valence-electron chi connectivity index (χ3n) is 5.57. The predicted molar refractivity (Wildman–Crippen MR) is 110 cm³/mol. The molecule has 1 atom stereocenters. The summed E-state index contributed by atoms with van der Waals surface area (Å²) in [6.45, 7) is 3.06. The van der Waals surface area contributed by atoms with Gasteiger partial charge in [0.15, 0.2) is 5.82 Å². The summed E-state index contributed by atoms with van der Waals surface area (Å²) >= 11 is 0. The van der Waals surface area contributed by atoms with Gasteiger partial charge in [-0.05, 0) is 50.1 Å². The number of anilines is 1. The summed E-state index contributed by atoms with van der Waals surface area (Å²) in [5.41, 5.74) is 7.90. The Kier molecular flexibility index (Phi) is 5.45. The highest BCUT2D eigenvalue weighted by Crippen LogP contribution is 2.32. The molecule has 1 aliphatic heterocycles. The van der Waals surface area contributed by atoms with Crippen LogP contribution in [0.15, 0.2) is 42.7 Å². The zero-order chi connectivity index (χ0) is 21.3. The first-order valence-corrected chi connectivity index (χ1v) is 9.83. The minimum absolute atomic E-state index is 0.134. The smallest absolute Gasteiger partial charge is 0.320 e. The monoisotopic (exact) mass is 410 g/mol. The molecule has 0 spiro atoms. The second-order valence-electron chi connectivity index (χ2n) is 7.45. The van der Waals surface area contributed by atoms with E-state index < -0.39 is 12.0 Å². The van der Waals surface area contributed by atoms with Crippen LogP contribution in [0.5, 0.6) is 0 Å². The number of carboxylic acid groups (broad SMARTS) is 1. The van der Waals surface area contributed by atoms with Gasteiger partial charge in [-0.1, -0.05) is 0 Å². The molecule has 8 nitrogen and oxygen atoms in total. The van der Waals surface area contributed by atoms with Crippen LogP contribution in [-0.4, -0.2) is 54.6 Å². The Morgan fingerprint density at radius 2 is 1.87 bits per heavy atom. The number of nitrogens with zero attached hydrogens (tertiary/aromatic N) is 5. The van der Waals surface area contributed by atoms with Crippen molar-refractivity contribution in [3.63, 3.8) is 0 Å². The van der Waals surface area contributed by atoms with Gasteiger partial charge in [0.1, 0.15) is 17.6 Å². The molecule has 3 N–H and O–H groups in total. The number of carboxylic acids is 1. The summed E-state index contributed by atoms with van der Waals surface area (Å²) in [5.74, 6) is -0.294. The first kappa shape index (κ1) is 20.0. The van der Waals surface area contributed by atoms with Crippen molar-refractivity contribution in [2.24, 2.45) is 0 Å². The maximum Gasteiger partial charge on any atom is 0.320 e. The maximum absolute atomic E-state index is 13.3. The second kappa shape index (κ2) is 8.19. The number of carbonyl (C=O) groups is 1. The summed E-state index contributed by atoms with van der Waals surface area (Å²) < 4.78 is 15.4. The number of benzene rings is 1. The molecule has 3 aromatic rings. The molecule has 0 aliphatic carbocycles. The summed E-state index contributed by atoms with van der Waals surface area (Å²) in [7, 11) is 0. The van der Waals surface area contributed by atoms with Gasteiger partial charge in [0, 0.05) is 37.1 Å². The summed E-state index contributed by atoms with van der Waals surface area (Å²) in [6.07, 6.45) is 5.10. The van der Waals surface area contributed by atoms with E-state index in [1.165, 1.54) is 12.1 Å². The largest absolute Gasteiger partial charge is 0.480 e. The fourth-order valence-electron chi connectivity index (χ4n) is 3.83. The average molecular weight is 410 g/mol. The SMILES string of the molecule is CC(C(=O)O)N1CCC(n2cc(-c3ccc(F)cc3)nc2-c2ccnc(N)n2)CC1. The van der Waals surface area contributed by atoms with E-state index in [0.29, 0.717) is 30.3 Å². The number of nitrogens with two attached hydrogens (primary N) is 1. The van der Waals surface area contributed by atoms with E-state index in [0.717, 1.165) is 18.4 Å². The molecule has 1 unspecified atom stereocenters. The molecule has 1 aliphatic rings. The van der Waals surface area contributed by atoms with E-state index in [-0.39, 0.29) is 17.8 Å². The van der Waals surface area contributed by atoms with Crippen molar-refractivity contribution in [3.05, 3.63) is 48.5 Å². The molecule has 0 saturated carbocycles. The van der Waals surface area contributed by atoms with E-state index in [2.05, 4.69) is 14.5 Å². The van der Waals surface area contributed by atoms with Crippen LogP contribution in [-0.2, 0) is 4.79 Å². The third kappa shape index (κ3) is 4.02. The van der Waals surface area contributed by atoms with Gasteiger partial charge in [0.25, 0.3) is 0 Å². The summed E-state index contributed by atoms with van der Waals surface area (Å²) in [6, 6.07) is 7.57. The Balaban J connectivity index is 1.68. The van der Waals surface area contributed by atoms with Crippen LogP contribution in [0.25, 0.3) is 22.8 Å². The van der Waals surface area contributed by atoms with E-state index in [1.54, 1.807) is 31.3 Å². The molecule has 0 amide bonds. The lowest BCUT2D eigenvalue weighted by molar-refractivity contribution is -0.143. The Morgan fingerprint density at radius 1 is 1.17 bits per heavy atom. The number of rotatable bonds is 5. The summed E-state index contributed by atoms with van der Waals surface area (Å²) in [5, 5.41) is 9.28. The fourth-order valence-corrected chi connectivity index (χ4v) is 3.83. The first-order chi connectivity index (χ1) is 14.4. The van der Waals surface area contributed by atoms with Crippen molar-refractivity contribution >= 4 is 11.9 Å². The molecule has 156 valence electrons. The van der Waals surface area contributed by atoms with Crippen LogP contribution < -0.4 is 5.73 Å². The number of aliphatic carboxylic acids is 1. The van der Waals surface area contributed by atoms with Crippen molar-refractivity contribution < 1.29 is 14.3 Å². The van der Waals surface area contributed by atoms with Gasteiger partial charge < -0.3 is 15.4 Å². The van der Waals surface area contributed by atoms with Crippen LogP contribution >= 0.6 is 0 Å². The number of nitrogen functional groups attached to an aromatic ring is 1. The number of halogens is 1. The van der Waals surface area contributed by atoms with Gasteiger partial charge in [-0.2, -0.15) is 0 Å². The highest BCUT2D eigenvalue weighted by Gasteiger charge is 2.29. The van der Waals surface area contributed by atoms with Crippen molar-refractivity contribution in [2.45, 2.75) is 31.8 Å². The van der Waals surface area contributed by atoms with Gasteiger partial charge in [0.2, 0.25) is 5.95 Å². The zero-order valence-corrected chi connectivity index (χ0v) is 16.6. The van der Waals surface area contributed by atoms with Gasteiger partial charge in [-0.25, -0.2) is 19.3 Å². The van der Waals surface area contributed by atoms with Crippen molar-refractivity contribution in [1.82, 2.24) is 24.4 Å². The van der Waals surface area contributed by atoms with Crippen LogP contribution in [0.1, 0.15) is 25.8 Å². The number of aromatic nitrogens is 4. The molecule has 2 aromatic heterocycles. The van der Waals surface area contributed by atoms with Gasteiger partial charge in [0.05, 0.1) is 5.69 Å². The molecular weight excluding hydrogens is 387 g/mol. The molecule has 1 saturated heterocycles. The number of piperidine rings is 1. The van der Waals surface area contributed by atoms with Gasteiger partial charge >= 0.3 is 5.97 Å². The van der Waals surface area contributed by atoms with Crippen molar-refractivity contribution in [3.8, 4) is 22.8 Å². The maximum atomic E-state index is 13.3. The molecule has 0 bridgehead atoms. The van der Waals surface area contributed by atoms with Crippen molar-refractivity contribution in [1.29, 1.82) is 0 Å². The van der Waals surface area contributed by atoms with Crippen LogP contribution in [0, 0.1) is 5.82 Å². The molecule has 1 aromatic carbocycles. The number of likely N-dealkylation sites (tertiary alicyclic amines) is 1. The first-order valence-electron chi connectivity index (χ1n) is 9.83. The molecule has 1 fully saturated rings. The lowest BCUT2D eigenvalue weighted by Crippen LogP contribution is -2.44. The Morgan fingerprint density at radius 3 is 2.50 bits per heavy atom. The minimum Gasteiger partial charge on any atom is -0.480 e. The van der Waals surface area contributed by atoms with Gasteiger partial charge in [-0.3, -0.25) is 9.69 Å². The minimum atomic E-state index is -0.813. The standard InChI is InChI=1S/C21H23FN6O2/c1-13(20(29)30)27-10-7-16(8-11-27)28-12-18(14-2-4-15(22)5-3-14)25-19(28)17-6-9-24-21(23)26-17/h2-6,9,12-13,16H,7-8,10-11H2,1H3,(H,29,30)(H2,23,24,26). The normalized spacial score (nSPS) is 16.5. The Hall–Kier alpha value is -3.33. The highest BCUT2D eigenvalue weighted by atomic mass is 19.1. The lowest BCUT2D eigenvalue weighted by atomic mass is 10.0. The van der Waals surface area contributed by atoms with Gasteiger partial charge in [-0.15, -0.1) is 0 Å². The summed E-state index contributed by atoms with van der Waals surface area (Å²) in [4.78, 5) is 26.3. The highest BCUT2D eigenvalue weighted by molar-refractivity contribution is 5.72. The van der Waals surface area contributed by atoms with Crippen molar-refractivity contribution in [2.75, 3.05) is 18.8 Å². The molecule has 30 heavy (non-hydrogen) atoms. The fraction of sp³-hybridized carbons (Fsp3) is 0.333. The van der Waals surface area contributed by atoms with E-state index in [4.69, 9.17) is 10.7 Å². The number of hydrogen-bond donors (Lipinski definition) is 2. The van der Waals surface area contributed by atoms with E-state index in [9.17, 15) is 14.3 Å². The average Bonchev–Trinajstić information content (AvgIpc) is 3.19. The Bertz CT molecular complexity index is 1040. The van der Waals surface area contributed by atoms with Crippen LogP contribution in [0.4, 0.5) is 10.3 Å². The zero-order valence-electron chi connectivity index (χ0n) is 16.6.